The van der Waals surface area contributed by atoms with E-state index in [9.17, 15) is 9.59 Å². The fraction of sp³-hybridized carbons (Fsp3) is 0.333. The zero-order valence-corrected chi connectivity index (χ0v) is 6.06. The molecule has 0 aromatic carbocycles. The van der Waals surface area contributed by atoms with Gasteiger partial charge in [-0.05, 0) is 0 Å². The van der Waals surface area contributed by atoms with Crippen LogP contribution in [0.15, 0.2) is 0 Å². The van der Waals surface area contributed by atoms with E-state index in [4.69, 9.17) is 5.73 Å². The fourth-order valence-corrected chi connectivity index (χ4v) is 1.11. The van der Waals surface area contributed by atoms with Crippen LogP contribution in [-0.2, 0) is 16.2 Å². The number of hydrogen-bond acceptors (Lipinski definition) is 6. The maximum absolute atomic E-state index is 10.3. The van der Waals surface area contributed by atoms with Gasteiger partial charge in [0.25, 0.3) is 5.97 Å². The van der Waals surface area contributed by atoms with E-state index in [1.807, 2.05) is 0 Å². The van der Waals surface area contributed by atoms with Crippen LogP contribution >= 0.6 is 0 Å². The van der Waals surface area contributed by atoms with E-state index in [1.54, 1.807) is 0 Å². The average molecular weight is 161 g/mol. The minimum Gasteiger partial charge on any atom is -0.550 e. The Morgan fingerprint density at radius 2 is 2.30 bits per heavy atom. The molecule has 10 heavy (non-hydrogen) atoms. The second-order valence-corrected chi connectivity index (χ2v) is 2.75. The first-order valence-corrected chi connectivity index (χ1v) is 3.90. The van der Waals surface area contributed by atoms with E-state index < -0.39 is 27.3 Å². The molecule has 0 aromatic heterocycles. The summed E-state index contributed by atoms with van der Waals surface area (Å²) in [4.78, 5) is 20.3. The third kappa shape index (κ3) is 1.60. The Morgan fingerprint density at radius 3 is 2.70 bits per heavy atom. The first-order valence-electron chi connectivity index (χ1n) is 2.49. The molecule has 54 valence electrons. The molecule has 0 unspecified atom stereocenters. The van der Waals surface area contributed by atoms with Crippen LogP contribution in [0.4, 0.5) is 4.79 Å². The van der Waals surface area contributed by atoms with Crippen molar-refractivity contribution in [2.45, 2.75) is 0 Å². The molecule has 1 saturated heterocycles. The normalized spacial score (nSPS) is 14.9. The van der Waals surface area contributed by atoms with Crippen LogP contribution in [0.25, 0.3) is 0 Å². The van der Waals surface area contributed by atoms with Gasteiger partial charge in [0, 0.05) is 0 Å². The molecule has 0 radical (unpaired) electrons. The molecule has 0 amide bonds. The third-order valence-corrected chi connectivity index (χ3v) is 2.00. The molecule has 6 nitrogen and oxygen atoms in total. The summed E-state index contributed by atoms with van der Waals surface area (Å²) in [6.45, 7) is -0.232. The molecular formula is C3H4AlNO5. The van der Waals surface area contributed by atoms with Crippen molar-refractivity contribution in [2.75, 3.05) is 6.54 Å². The highest BCUT2D eigenvalue weighted by atomic mass is 27.3. The van der Waals surface area contributed by atoms with E-state index in [-0.39, 0.29) is 6.54 Å². The first kappa shape index (κ1) is 7.34. The van der Waals surface area contributed by atoms with Gasteiger partial charge < -0.3 is 17.1 Å². The highest BCUT2D eigenvalue weighted by molar-refractivity contribution is 6.48. The van der Waals surface area contributed by atoms with Crippen molar-refractivity contribution in [1.82, 2.24) is 0 Å². The zero-order valence-electron chi connectivity index (χ0n) is 4.90. The molecule has 1 rings (SSSR count). The van der Waals surface area contributed by atoms with Crippen molar-refractivity contribution >= 4 is 27.3 Å². The summed E-state index contributed by atoms with van der Waals surface area (Å²) in [5.74, 6) is -0.621. The van der Waals surface area contributed by atoms with Crippen molar-refractivity contribution in [3.63, 3.8) is 0 Å². The van der Waals surface area contributed by atoms with Crippen molar-refractivity contribution in [1.29, 1.82) is 0 Å². The molecule has 2 N–H and O–H groups in total. The Kier molecular flexibility index (Phi) is 2.11. The maximum Gasteiger partial charge on any atom is 1.21 e. The summed E-state index contributed by atoms with van der Waals surface area (Å²) in [7, 11) is 0. The highest BCUT2D eigenvalue weighted by Gasteiger charge is 2.58. The lowest BCUT2D eigenvalue weighted by atomic mass is 10.7. The standard InChI is InChI=1S/C2H5NO2.CH2O3.Al/c3-1-2(4)5;2-1(3)4;/h1,3H2,(H,4,5);(H2,2,3,4);/q;;+3/p-3. The van der Waals surface area contributed by atoms with Crippen LogP contribution in [0.5, 0.6) is 0 Å². The Bertz CT molecular complexity index is 162. The van der Waals surface area contributed by atoms with Crippen LogP contribution in [0, 0.1) is 0 Å². The molecule has 1 aliphatic heterocycles. The zero-order chi connectivity index (χ0) is 7.56. The molecular weight excluding hydrogens is 157 g/mol. The molecule has 0 aliphatic carbocycles. The number of hydrogen-bond donors (Lipinski definition) is 1. The largest absolute Gasteiger partial charge is 1.21 e. The predicted molar refractivity (Wildman–Crippen MR) is 28.5 cm³/mol. The van der Waals surface area contributed by atoms with Crippen molar-refractivity contribution in [2.24, 2.45) is 5.73 Å². The molecule has 0 spiro atoms. The topological polar surface area (TPSA) is 87.9 Å². The Balaban J connectivity index is 2.16. The Labute approximate surface area is 61.2 Å². The van der Waals surface area contributed by atoms with Gasteiger partial charge >= 0.3 is 21.3 Å². The van der Waals surface area contributed by atoms with Gasteiger partial charge in [0.2, 0.25) is 0 Å². The van der Waals surface area contributed by atoms with Gasteiger partial charge in [-0.25, -0.2) is 4.79 Å². The van der Waals surface area contributed by atoms with Gasteiger partial charge in [0.05, 0.1) is 6.54 Å². The predicted octanol–water partition coefficient (Wildman–Crippen LogP) is -1.36. The fourth-order valence-electron chi connectivity index (χ4n) is 0.370. The lowest BCUT2D eigenvalue weighted by molar-refractivity contribution is -0.137. The van der Waals surface area contributed by atoms with Crippen LogP contribution in [0.2, 0.25) is 0 Å². The van der Waals surface area contributed by atoms with E-state index in [0.29, 0.717) is 0 Å². The van der Waals surface area contributed by atoms with Gasteiger partial charge in [-0.3, -0.25) is 4.79 Å². The van der Waals surface area contributed by atoms with Crippen LogP contribution in [0.1, 0.15) is 0 Å². The molecule has 0 saturated carbocycles. The van der Waals surface area contributed by atoms with Gasteiger partial charge in [0.15, 0.2) is 0 Å². The molecule has 0 aromatic rings. The lowest BCUT2D eigenvalue weighted by Crippen LogP contribution is -2.45. The van der Waals surface area contributed by atoms with E-state index >= 15 is 0 Å². The second-order valence-electron chi connectivity index (χ2n) is 1.47. The molecule has 7 heteroatoms. The average Bonchev–Trinajstić information content (AvgIpc) is 1.84. The van der Waals surface area contributed by atoms with Gasteiger partial charge in [-0.15, -0.1) is 0 Å². The minimum absolute atomic E-state index is 0.232. The number of carbonyl (C=O) groups is 2. The number of nitrogens with two attached hydrogens (primary N) is 1. The summed E-state index contributed by atoms with van der Waals surface area (Å²) < 4.78 is 13.0. The molecule has 0 atom stereocenters. The van der Waals surface area contributed by atoms with Gasteiger partial charge in [-0.1, -0.05) is 0 Å². The summed E-state index contributed by atoms with van der Waals surface area (Å²) in [6, 6.07) is 0. The number of rotatable bonds is 2. The van der Waals surface area contributed by atoms with E-state index in [2.05, 4.69) is 11.4 Å². The summed E-state index contributed by atoms with van der Waals surface area (Å²) >= 11 is -2.41. The highest BCUT2D eigenvalue weighted by Crippen LogP contribution is 2.06. The maximum atomic E-state index is 10.3. The molecule has 1 heterocycles. The smallest absolute Gasteiger partial charge is 0.550 e. The molecule has 1 aliphatic rings. The quantitative estimate of drug-likeness (QED) is 0.503. The summed E-state index contributed by atoms with van der Waals surface area (Å²) in [5, 5.41) is 0. The second kappa shape index (κ2) is 2.88. The Hall–Kier alpha value is -0.768. The molecule has 1 fully saturated rings. The van der Waals surface area contributed by atoms with Crippen molar-refractivity contribution < 1.29 is 21.0 Å². The van der Waals surface area contributed by atoms with Crippen molar-refractivity contribution in [3.8, 4) is 0 Å². The summed E-state index contributed by atoms with van der Waals surface area (Å²) in [5.41, 5.74) is 4.89. The van der Waals surface area contributed by atoms with Gasteiger partial charge in [-0.2, -0.15) is 0 Å². The number of carbonyl (C=O) groups excluding carboxylic acids is 2. The summed E-state index contributed by atoms with van der Waals surface area (Å²) in [6.07, 6.45) is -0.790. The monoisotopic (exact) mass is 161 g/mol. The Morgan fingerprint density at radius 1 is 1.70 bits per heavy atom. The third-order valence-electron chi connectivity index (χ3n) is 0.779. The van der Waals surface area contributed by atoms with Crippen LogP contribution in [-0.4, -0.2) is 33.8 Å². The molecule has 0 bridgehead atoms. The van der Waals surface area contributed by atoms with Crippen molar-refractivity contribution in [3.05, 3.63) is 0 Å². The lowest BCUT2D eigenvalue weighted by Gasteiger charge is -2.19. The van der Waals surface area contributed by atoms with Gasteiger partial charge in [0.1, 0.15) is 0 Å². The van der Waals surface area contributed by atoms with Crippen LogP contribution in [0.3, 0.4) is 0 Å². The van der Waals surface area contributed by atoms with E-state index in [0.717, 1.165) is 0 Å². The van der Waals surface area contributed by atoms with E-state index in [1.165, 1.54) is 0 Å². The minimum atomic E-state index is -2.41. The first-order chi connectivity index (χ1) is 4.72. The SMILES string of the molecule is NCC(=O)[O][Al]1[O]C(=O)[O]1. The van der Waals surface area contributed by atoms with Crippen LogP contribution < -0.4 is 5.73 Å².